The largest absolute Gasteiger partial charge is 0.549 e. The van der Waals surface area contributed by atoms with Crippen LogP contribution in [-0.2, 0) is 9.59 Å². The van der Waals surface area contributed by atoms with Gasteiger partial charge in [-0.1, -0.05) is 37.3 Å². The molecule has 1 aromatic carbocycles. The lowest BCUT2D eigenvalue weighted by Gasteiger charge is -2.25. The Kier molecular flexibility index (Phi) is 3.44. The fraction of sp³-hybridized carbons (Fsp3) is 0.273. The van der Waals surface area contributed by atoms with Crippen molar-refractivity contribution in [3.05, 3.63) is 35.9 Å². The van der Waals surface area contributed by atoms with Crippen molar-refractivity contribution >= 4 is 11.9 Å². The lowest BCUT2D eigenvalue weighted by Crippen LogP contribution is -2.45. The van der Waals surface area contributed by atoms with Gasteiger partial charge in [-0.05, 0) is 11.5 Å². The van der Waals surface area contributed by atoms with E-state index in [1.54, 1.807) is 30.3 Å². The van der Waals surface area contributed by atoms with E-state index in [-0.39, 0.29) is 0 Å². The number of benzene rings is 1. The lowest BCUT2D eigenvalue weighted by molar-refractivity contribution is -0.332. The molecule has 0 bridgehead atoms. The van der Waals surface area contributed by atoms with E-state index >= 15 is 0 Å². The van der Waals surface area contributed by atoms with Crippen molar-refractivity contribution < 1.29 is 19.8 Å². The van der Waals surface area contributed by atoms with E-state index < -0.39 is 23.8 Å². The summed E-state index contributed by atoms with van der Waals surface area (Å²) in [6.45, 7) is 1.52. The molecule has 0 aliphatic rings. The summed E-state index contributed by atoms with van der Waals surface area (Å²) in [6, 6.07) is 8.54. The van der Waals surface area contributed by atoms with Gasteiger partial charge in [-0.15, -0.1) is 0 Å². The molecule has 0 aromatic heterocycles. The summed E-state index contributed by atoms with van der Waals surface area (Å²) in [7, 11) is 0. The average molecular weight is 206 g/mol. The first-order valence-corrected chi connectivity index (χ1v) is 4.50. The van der Waals surface area contributed by atoms with Crippen LogP contribution in [0.1, 0.15) is 18.4 Å². The third kappa shape index (κ3) is 2.56. The van der Waals surface area contributed by atoms with Crippen molar-refractivity contribution in [1.29, 1.82) is 0 Å². The summed E-state index contributed by atoms with van der Waals surface area (Å²) in [6.07, 6.45) is 0. The van der Waals surface area contributed by atoms with Crippen molar-refractivity contribution in [2.24, 2.45) is 5.92 Å². The van der Waals surface area contributed by atoms with Gasteiger partial charge in [0.15, 0.2) is 0 Å². The molecule has 4 heteroatoms. The Labute approximate surface area is 87.2 Å². The van der Waals surface area contributed by atoms with Crippen molar-refractivity contribution in [2.75, 3.05) is 0 Å². The van der Waals surface area contributed by atoms with Gasteiger partial charge in [-0.2, -0.15) is 0 Å². The lowest BCUT2D eigenvalue weighted by atomic mass is 9.88. The molecule has 0 fully saturated rings. The Hall–Kier alpha value is -1.84. The summed E-state index contributed by atoms with van der Waals surface area (Å²) >= 11 is 0. The number of rotatable bonds is 4. The highest BCUT2D eigenvalue weighted by Crippen LogP contribution is 2.23. The number of carboxylic acid groups (broad SMARTS) is 2. The Morgan fingerprint density at radius 2 is 1.53 bits per heavy atom. The van der Waals surface area contributed by atoms with Gasteiger partial charge in [-0.25, -0.2) is 0 Å². The summed E-state index contributed by atoms with van der Waals surface area (Å²) < 4.78 is 0. The highest BCUT2D eigenvalue weighted by molar-refractivity contribution is 5.91. The second-order valence-electron chi connectivity index (χ2n) is 3.32. The van der Waals surface area contributed by atoms with Crippen LogP contribution in [0.15, 0.2) is 30.3 Å². The molecule has 80 valence electrons. The molecule has 0 radical (unpaired) electrons. The minimum absolute atomic E-state index is 0.635. The minimum atomic E-state index is -1.62. The second kappa shape index (κ2) is 4.59. The number of carbonyl (C=O) groups is 2. The zero-order valence-electron chi connectivity index (χ0n) is 8.17. The van der Waals surface area contributed by atoms with E-state index in [4.69, 9.17) is 0 Å². The SMILES string of the molecule is C[C@@H](c1ccccc1)C(C(=O)[O-])C(=O)[O-]. The molecular formula is C11H10O4-2. The van der Waals surface area contributed by atoms with Crippen molar-refractivity contribution in [2.45, 2.75) is 12.8 Å². The van der Waals surface area contributed by atoms with Crippen LogP contribution >= 0.6 is 0 Å². The molecule has 0 N–H and O–H groups in total. The Morgan fingerprint density at radius 1 is 1.07 bits per heavy atom. The molecular weight excluding hydrogens is 196 g/mol. The number of hydrogen-bond acceptors (Lipinski definition) is 4. The van der Waals surface area contributed by atoms with Gasteiger partial charge in [0.2, 0.25) is 0 Å². The van der Waals surface area contributed by atoms with Crippen LogP contribution in [0.5, 0.6) is 0 Å². The molecule has 0 unspecified atom stereocenters. The van der Waals surface area contributed by atoms with Gasteiger partial charge in [0.1, 0.15) is 0 Å². The maximum absolute atomic E-state index is 10.6. The topological polar surface area (TPSA) is 80.3 Å². The van der Waals surface area contributed by atoms with Gasteiger partial charge < -0.3 is 19.8 Å². The third-order valence-corrected chi connectivity index (χ3v) is 2.33. The predicted molar refractivity (Wildman–Crippen MR) is 48.4 cm³/mol. The van der Waals surface area contributed by atoms with Crippen molar-refractivity contribution in [3.63, 3.8) is 0 Å². The molecule has 1 aromatic rings. The van der Waals surface area contributed by atoms with E-state index in [9.17, 15) is 19.8 Å². The Bertz CT molecular complexity index is 344. The first kappa shape index (κ1) is 11.2. The quantitative estimate of drug-likeness (QED) is 0.586. The highest BCUT2D eigenvalue weighted by Gasteiger charge is 2.20. The van der Waals surface area contributed by atoms with Crippen molar-refractivity contribution in [3.8, 4) is 0 Å². The zero-order valence-corrected chi connectivity index (χ0v) is 8.17. The maximum Gasteiger partial charge on any atom is 0.0507 e. The molecule has 0 aliphatic carbocycles. The predicted octanol–water partition coefficient (Wildman–Crippen LogP) is -1.09. The van der Waals surface area contributed by atoms with Gasteiger partial charge in [0, 0.05) is 5.92 Å². The molecule has 0 saturated carbocycles. The molecule has 15 heavy (non-hydrogen) atoms. The van der Waals surface area contributed by atoms with E-state index in [1.807, 2.05) is 0 Å². The van der Waals surface area contributed by atoms with Crippen molar-refractivity contribution in [1.82, 2.24) is 0 Å². The fourth-order valence-electron chi connectivity index (χ4n) is 1.45. The highest BCUT2D eigenvalue weighted by atomic mass is 16.4. The van der Waals surface area contributed by atoms with E-state index in [0.717, 1.165) is 0 Å². The monoisotopic (exact) mass is 206 g/mol. The normalized spacial score (nSPS) is 12.4. The second-order valence-corrected chi connectivity index (χ2v) is 3.32. The van der Waals surface area contributed by atoms with Crippen LogP contribution in [0.25, 0.3) is 0 Å². The summed E-state index contributed by atoms with van der Waals surface area (Å²) in [5, 5.41) is 21.2. The van der Waals surface area contributed by atoms with E-state index in [2.05, 4.69) is 0 Å². The molecule has 4 nitrogen and oxygen atoms in total. The van der Waals surface area contributed by atoms with Crippen LogP contribution in [-0.4, -0.2) is 11.9 Å². The van der Waals surface area contributed by atoms with Crippen LogP contribution in [0.2, 0.25) is 0 Å². The minimum Gasteiger partial charge on any atom is -0.549 e. The van der Waals surface area contributed by atoms with Gasteiger partial charge in [0.25, 0.3) is 0 Å². The molecule has 0 spiro atoms. The molecule has 1 rings (SSSR count). The smallest absolute Gasteiger partial charge is 0.0507 e. The van der Waals surface area contributed by atoms with Crippen LogP contribution in [0, 0.1) is 5.92 Å². The fourth-order valence-corrected chi connectivity index (χ4v) is 1.45. The van der Waals surface area contributed by atoms with Crippen LogP contribution in [0.3, 0.4) is 0 Å². The molecule has 1 atom stereocenters. The first-order valence-electron chi connectivity index (χ1n) is 4.50. The molecule has 0 saturated heterocycles. The number of carboxylic acids is 2. The van der Waals surface area contributed by atoms with Crippen LogP contribution < -0.4 is 10.2 Å². The molecule has 0 aliphatic heterocycles. The summed E-state index contributed by atoms with van der Waals surface area (Å²) in [5.74, 6) is -5.52. The van der Waals surface area contributed by atoms with Gasteiger partial charge >= 0.3 is 0 Å². The molecule has 0 amide bonds. The third-order valence-electron chi connectivity index (χ3n) is 2.33. The molecule has 0 heterocycles. The zero-order chi connectivity index (χ0) is 11.4. The number of hydrogen-bond donors (Lipinski definition) is 0. The van der Waals surface area contributed by atoms with Gasteiger partial charge in [0.05, 0.1) is 11.9 Å². The standard InChI is InChI=1S/C11H12O4/c1-7(8-5-3-2-4-6-8)9(10(12)13)11(14)15/h2-7,9H,1H3,(H,12,13)(H,14,15)/p-2/t7-/m0/s1. The van der Waals surface area contributed by atoms with E-state index in [1.165, 1.54) is 6.92 Å². The average Bonchev–Trinajstić information content (AvgIpc) is 2.18. The van der Waals surface area contributed by atoms with E-state index in [0.29, 0.717) is 5.56 Å². The maximum atomic E-state index is 10.6. The Morgan fingerprint density at radius 3 is 1.93 bits per heavy atom. The first-order chi connectivity index (χ1) is 7.04. The van der Waals surface area contributed by atoms with Gasteiger partial charge in [-0.3, -0.25) is 0 Å². The summed E-state index contributed by atoms with van der Waals surface area (Å²) in [4.78, 5) is 21.2. The summed E-state index contributed by atoms with van der Waals surface area (Å²) in [5.41, 5.74) is 0.635. The van der Waals surface area contributed by atoms with Crippen LogP contribution in [0.4, 0.5) is 0 Å². The Balaban J connectivity index is 2.96. The number of carbonyl (C=O) groups excluding carboxylic acids is 2. The number of aliphatic carboxylic acids is 2.